The first-order valence-corrected chi connectivity index (χ1v) is 12.6. The summed E-state index contributed by atoms with van der Waals surface area (Å²) in [6, 6.07) is 7.87. The number of rotatable bonds is 7. The zero-order valence-corrected chi connectivity index (χ0v) is 18.6. The van der Waals surface area contributed by atoms with E-state index >= 15 is 0 Å². The summed E-state index contributed by atoms with van der Waals surface area (Å²) in [6.07, 6.45) is 7.46. The maximum Gasteiger partial charge on any atom is 0.244 e. The van der Waals surface area contributed by atoms with E-state index < -0.39 is 15.6 Å². The Labute approximate surface area is 175 Å². The lowest BCUT2D eigenvalue weighted by Crippen LogP contribution is -2.60. The van der Waals surface area contributed by atoms with Crippen LogP contribution in [0.1, 0.15) is 57.4 Å². The molecular weight excluding hydrogens is 386 g/mol. The van der Waals surface area contributed by atoms with E-state index in [1.165, 1.54) is 12.0 Å². The number of hydrogen-bond donors (Lipinski definition) is 2. The summed E-state index contributed by atoms with van der Waals surface area (Å²) in [6.45, 7) is 2.87. The Morgan fingerprint density at radius 3 is 2.28 bits per heavy atom. The molecule has 6 nitrogen and oxygen atoms in total. The van der Waals surface area contributed by atoms with Crippen LogP contribution < -0.4 is 10.6 Å². The van der Waals surface area contributed by atoms with E-state index in [1.807, 2.05) is 24.3 Å². The van der Waals surface area contributed by atoms with Crippen LogP contribution in [0, 0.1) is 5.92 Å². The van der Waals surface area contributed by atoms with Crippen molar-refractivity contribution in [2.24, 2.45) is 5.92 Å². The van der Waals surface area contributed by atoms with Crippen molar-refractivity contribution in [3.63, 3.8) is 0 Å². The molecule has 7 heteroatoms. The Hall–Kier alpha value is -1.44. The zero-order valence-electron chi connectivity index (χ0n) is 17.7. The second-order valence-electron chi connectivity index (χ2n) is 8.52. The van der Waals surface area contributed by atoms with Crippen LogP contribution in [0.25, 0.3) is 0 Å². The lowest BCUT2D eigenvalue weighted by molar-refractivity contribution is -0.123. The summed E-state index contributed by atoms with van der Waals surface area (Å²) in [5, 5.41) is 6.18. The number of nitrogens with one attached hydrogen (secondary N) is 2. The molecule has 0 aromatic heterocycles. The van der Waals surface area contributed by atoms with Crippen LogP contribution in [0.5, 0.6) is 0 Å². The molecule has 3 rings (SSSR count). The zero-order chi connectivity index (χ0) is 20.9. The second kappa shape index (κ2) is 9.58. The average Bonchev–Trinajstić information content (AvgIpc) is 2.74. The summed E-state index contributed by atoms with van der Waals surface area (Å²) in [5.41, 5.74) is 1.26. The van der Waals surface area contributed by atoms with Gasteiger partial charge < -0.3 is 10.6 Å². The van der Waals surface area contributed by atoms with Crippen molar-refractivity contribution >= 4 is 21.6 Å². The van der Waals surface area contributed by atoms with Gasteiger partial charge in [-0.15, -0.1) is 0 Å². The SMILES string of the molecule is CCc1ccc(NC(=O)C2(NC)CCN(S(=O)(=O)CC3CCCCC3)CC2)cc1. The van der Waals surface area contributed by atoms with Gasteiger partial charge in [-0.25, -0.2) is 12.7 Å². The number of benzene rings is 1. The Balaban J connectivity index is 1.60. The Kier molecular flexibility index (Phi) is 7.35. The number of carbonyl (C=O) groups is 1. The largest absolute Gasteiger partial charge is 0.324 e. The lowest BCUT2D eigenvalue weighted by atomic mass is 9.87. The van der Waals surface area contributed by atoms with Crippen LogP contribution in [0.4, 0.5) is 5.69 Å². The van der Waals surface area contributed by atoms with Crippen molar-refractivity contribution in [3.8, 4) is 0 Å². The molecule has 2 aliphatic rings. The first-order valence-electron chi connectivity index (χ1n) is 11.0. The van der Waals surface area contributed by atoms with Gasteiger partial charge in [-0.05, 0) is 62.8 Å². The number of likely N-dealkylation sites (N-methyl/N-ethyl adjacent to an activating group) is 1. The molecule has 0 spiro atoms. The molecule has 1 aliphatic carbocycles. The monoisotopic (exact) mass is 421 g/mol. The van der Waals surface area contributed by atoms with Gasteiger partial charge in [0.25, 0.3) is 0 Å². The van der Waals surface area contributed by atoms with Gasteiger partial charge in [0.15, 0.2) is 0 Å². The number of aryl methyl sites for hydroxylation is 1. The van der Waals surface area contributed by atoms with Gasteiger partial charge in [0.2, 0.25) is 15.9 Å². The standard InChI is InChI=1S/C22H35N3O3S/c1-3-18-9-11-20(12-10-18)24-21(26)22(23-2)13-15-25(16-14-22)29(27,28)17-19-7-5-4-6-8-19/h9-12,19,23H,3-8,13-17H2,1-2H3,(H,24,26). The van der Waals surface area contributed by atoms with E-state index in [0.717, 1.165) is 37.8 Å². The van der Waals surface area contributed by atoms with Crippen molar-refractivity contribution < 1.29 is 13.2 Å². The fourth-order valence-corrected chi connectivity index (χ4v) is 6.45. The van der Waals surface area contributed by atoms with Gasteiger partial charge >= 0.3 is 0 Å². The third-order valence-electron chi connectivity index (χ3n) is 6.67. The maximum atomic E-state index is 13.0. The van der Waals surface area contributed by atoms with Gasteiger partial charge in [0.1, 0.15) is 5.54 Å². The maximum absolute atomic E-state index is 13.0. The highest BCUT2D eigenvalue weighted by molar-refractivity contribution is 7.89. The summed E-state index contributed by atoms with van der Waals surface area (Å²) in [4.78, 5) is 13.0. The van der Waals surface area contributed by atoms with Gasteiger partial charge in [-0.3, -0.25) is 4.79 Å². The number of carbonyl (C=O) groups excluding carboxylic acids is 1. The molecule has 0 bridgehead atoms. The number of hydrogen-bond acceptors (Lipinski definition) is 4. The van der Waals surface area contributed by atoms with E-state index in [9.17, 15) is 13.2 Å². The molecule has 0 unspecified atom stereocenters. The minimum Gasteiger partial charge on any atom is -0.324 e. The predicted molar refractivity (Wildman–Crippen MR) is 117 cm³/mol. The molecule has 1 saturated carbocycles. The van der Waals surface area contributed by atoms with Crippen LogP contribution in [-0.2, 0) is 21.2 Å². The van der Waals surface area contributed by atoms with Crippen LogP contribution in [0.15, 0.2) is 24.3 Å². The van der Waals surface area contributed by atoms with Gasteiger partial charge in [-0.2, -0.15) is 0 Å². The quantitative estimate of drug-likeness (QED) is 0.709. The highest BCUT2D eigenvalue weighted by atomic mass is 32.2. The molecule has 162 valence electrons. The topological polar surface area (TPSA) is 78.5 Å². The Bertz CT molecular complexity index is 778. The average molecular weight is 422 g/mol. The fourth-order valence-electron chi connectivity index (χ4n) is 4.57. The number of piperidine rings is 1. The van der Waals surface area contributed by atoms with Crippen LogP contribution in [-0.4, -0.2) is 50.1 Å². The second-order valence-corrected chi connectivity index (χ2v) is 10.5. The van der Waals surface area contributed by atoms with Crippen LogP contribution in [0.2, 0.25) is 0 Å². The first kappa shape index (κ1) is 22.2. The van der Waals surface area contributed by atoms with Crippen LogP contribution >= 0.6 is 0 Å². The lowest BCUT2D eigenvalue weighted by Gasteiger charge is -2.40. The number of nitrogens with zero attached hydrogens (tertiary/aromatic N) is 1. The molecule has 0 atom stereocenters. The highest BCUT2D eigenvalue weighted by Gasteiger charge is 2.42. The number of amides is 1. The third-order valence-corrected chi connectivity index (χ3v) is 8.72. The number of sulfonamides is 1. The third kappa shape index (κ3) is 5.38. The molecule has 2 fully saturated rings. The van der Waals surface area contributed by atoms with Gasteiger partial charge in [-0.1, -0.05) is 38.3 Å². The first-order chi connectivity index (χ1) is 13.9. The van der Waals surface area contributed by atoms with E-state index in [2.05, 4.69) is 17.6 Å². The van der Waals surface area contributed by atoms with Gasteiger partial charge in [0, 0.05) is 18.8 Å². The minimum absolute atomic E-state index is 0.0893. The molecule has 1 amide bonds. The Morgan fingerprint density at radius 2 is 1.72 bits per heavy atom. The van der Waals surface area contributed by atoms with Crippen LogP contribution in [0.3, 0.4) is 0 Å². The summed E-state index contributed by atoms with van der Waals surface area (Å²) in [5.74, 6) is 0.461. The molecule has 1 aliphatic heterocycles. The molecule has 1 heterocycles. The molecule has 2 N–H and O–H groups in total. The molecular formula is C22H35N3O3S. The Morgan fingerprint density at radius 1 is 1.10 bits per heavy atom. The van der Waals surface area contributed by atoms with E-state index in [4.69, 9.17) is 0 Å². The van der Waals surface area contributed by atoms with Gasteiger partial charge in [0.05, 0.1) is 5.75 Å². The van der Waals surface area contributed by atoms with E-state index in [1.54, 1.807) is 11.4 Å². The highest BCUT2D eigenvalue weighted by Crippen LogP contribution is 2.29. The summed E-state index contributed by atoms with van der Waals surface area (Å²) < 4.78 is 27.4. The van der Waals surface area contributed by atoms with Crippen molar-refractivity contribution in [1.82, 2.24) is 9.62 Å². The van der Waals surface area contributed by atoms with Crippen molar-refractivity contribution in [2.75, 3.05) is 31.2 Å². The normalized spacial score (nSPS) is 21.0. The van der Waals surface area contributed by atoms with Crippen molar-refractivity contribution in [2.45, 2.75) is 63.8 Å². The van der Waals surface area contributed by atoms with E-state index in [-0.39, 0.29) is 11.7 Å². The molecule has 1 aromatic carbocycles. The molecule has 1 aromatic rings. The predicted octanol–water partition coefficient (Wildman–Crippen LogP) is 3.15. The minimum atomic E-state index is -3.26. The van der Waals surface area contributed by atoms with E-state index in [0.29, 0.717) is 31.8 Å². The van der Waals surface area contributed by atoms with Crippen molar-refractivity contribution in [1.29, 1.82) is 0 Å². The summed E-state index contributed by atoms with van der Waals surface area (Å²) >= 11 is 0. The smallest absolute Gasteiger partial charge is 0.244 e. The molecule has 0 radical (unpaired) electrons. The number of anilines is 1. The molecule has 1 saturated heterocycles. The molecule has 29 heavy (non-hydrogen) atoms. The van der Waals surface area contributed by atoms with Crippen molar-refractivity contribution in [3.05, 3.63) is 29.8 Å². The fraction of sp³-hybridized carbons (Fsp3) is 0.682. The summed E-state index contributed by atoms with van der Waals surface area (Å²) in [7, 11) is -1.48.